The number of hydrogen-bond acceptors (Lipinski definition) is 5. The fourth-order valence-corrected chi connectivity index (χ4v) is 8.81. The Balaban J connectivity index is 6.37. The summed E-state index contributed by atoms with van der Waals surface area (Å²) in [6.07, 6.45) is 0. The Morgan fingerprint density at radius 1 is 1.22 bits per heavy atom. The summed E-state index contributed by atoms with van der Waals surface area (Å²) in [5.74, 6) is -1.21. The van der Waals surface area contributed by atoms with E-state index in [4.69, 9.17) is 5.53 Å². The lowest BCUT2D eigenvalue weighted by atomic mass is 10.5. The lowest BCUT2D eigenvalue weighted by molar-refractivity contribution is -0.139. The van der Waals surface area contributed by atoms with Gasteiger partial charge in [0.1, 0.15) is 0 Å². The van der Waals surface area contributed by atoms with Gasteiger partial charge in [0.25, 0.3) is 0 Å². The summed E-state index contributed by atoms with van der Waals surface area (Å²) in [6, 6.07) is 0. The van der Waals surface area contributed by atoms with Crippen molar-refractivity contribution < 1.29 is 39.8 Å². The molecule has 0 aliphatic heterocycles. The maximum absolute atomic E-state index is 12.7. The molecule has 0 aliphatic rings. The highest BCUT2D eigenvalue weighted by Gasteiger charge is 2.64. The molecule has 0 aliphatic carbocycles. The van der Waals surface area contributed by atoms with E-state index in [9.17, 15) is 26.4 Å². The molecule has 0 atom stereocenters. The van der Waals surface area contributed by atoms with E-state index in [-0.39, 0.29) is 6.61 Å². The van der Waals surface area contributed by atoms with Crippen molar-refractivity contribution in [3.05, 3.63) is 5.53 Å². The molecule has 0 heterocycles. The van der Waals surface area contributed by atoms with E-state index < -0.39 is 46.3 Å². The van der Waals surface area contributed by atoms with Crippen LogP contribution in [0.3, 0.4) is 0 Å². The normalized spacial score (nSPS) is 13.1. The molecule has 0 amide bonds. The molecule has 0 spiro atoms. The third kappa shape index (κ3) is 4.40. The Bertz CT molecular complexity index is 589. The van der Waals surface area contributed by atoms with Crippen molar-refractivity contribution in [1.82, 2.24) is 0 Å². The van der Waals surface area contributed by atoms with Crippen molar-refractivity contribution in [2.45, 2.75) is 51.2 Å². The highest BCUT2D eigenvalue weighted by molar-refractivity contribution is 7.89. The molecule has 0 aromatic heterocycles. The molecule has 0 saturated heterocycles. The Morgan fingerprint density at radius 3 is 1.91 bits per heavy atom. The second kappa shape index (κ2) is 7.56. The van der Waals surface area contributed by atoms with Crippen LogP contribution in [-0.4, -0.2) is 44.9 Å². The first kappa shape index (κ1) is 21.8. The highest BCUT2D eigenvalue weighted by atomic mass is 32.2. The lowest BCUT2D eigenvalue weighted by Gasteiger charge is -2.32. The van der Waals surface area contributed by atoms with Gasteiger partial charge >= 0.3 is 35.2 Å². The van der Waals surface area contributed by atoms with Crippen LogP contribution in [0, 0.1) is 0 Å². The van der Waals surface area contributed by atoms with Crippen LogP contribution in [0.15, 0.2) is 0 Å². The Labute approximate surface area is 133 Å². The topological polar surface area (TPSA) is 106 Å². The van der Waals surface area contributed by atoms with E-state index in [1.165, 1.54) is 34.6 Å². The predicted octanol–water partition coefficient (Wildman–Crippen LogP) is 2.39. The van der Waals surface area contributed by atoms with Crippen molar-refractivity contribution in [2.24, 2.45) is 0 Å². The second-order valence-electron chi connectivity index (χ2n) is 5.25. The number of ether oxygens (including phenoxy) is 1. The molecule has 23 heavy (non-hydrogen) atoms. The van der Waals surface area contributed by atoms with Gasteiger partial charge in [0.05, 0.1) is 6.61 Å². The summed E-state index contributed by atoms with van der Waals surface area (Å²) in [5, 5.41) is -0.808. The number of hydrogen-bond donors (Lipinski definition) is 0. The number of rotatable bonds is 7. The minimum atomic E-state index is -5.99. The molecule has 0 aromatic carbocycles. The number of esters is 1. The monoisotopic (exact) mass is 376 g/mol. The maximum atomic E-state index is 12.7. The van der Waals surface area contributed by atoms with Gasteiger partial charge in [-0.3, -0.25) is 3.87 Å². The molecule has 0 unspecified atom stereocenters. The number of nitrogens with zero attached hydrogens (tertiary/aromatic N) is 2. The highest BCUT2D eigenvalue weighted by Crippen LogP contribution is 2.39. The molecule has 0 saturated carbocycles. The summed E-state index contributed by atoms with van der Waals surface area (Å²) < 4.78 is 70.2. The number of carbonyl (C=O) groups excluding carboxylic acids is 1. The molecule has 0 fully saturated rings. The molecule has 0 rings (SSSR count). The molecule has 134 valence electrons. The summed E-state index contributed by atoms with van der Waals surface area (Å²) in [7, 11) is -10.2. The van der Waals surface area contributed by atoms with Crippen LogP contribution in [0.1, 0.15) is 34.6 Å². The van der Waals surface area contributed by atoms with Gasteiger partial charge in [0, 0.05) is 0 Å². The van der Waals surface area contributed by atoms with Crippen molar-refractivity contribution in [2.75, 3.05) is 6.61 Å². The van der Waals surface area contributed by atoms with Gasteiger partial charge in [-0.15, -0.1) is 0 Å². The summed E-state index contributed by atoms with van der Waals surface area (Å²) in [6.45, 7) is 6.87. The van der Waals surface area contributed by atoms with E-state index in [2.05, 4.69) is 13.4 Å². The molecule has 7 nitrogen and oxygen atoms in total. The van der Waals surface area contributed by atoms with Gasteiger partial charge in [-0.05, 0) is 18.0 Å². The van der Waals surface area contributed by atoms with Crippen LogP contribution < -0.4 is 0 Å². The third-order valence-corrected chi connectivity index (χ3v) is 10.2. The van der Waals surface area contributed by atoms with Crippen LogP contribution in [0.2, 0.25) is 11.1 Å². The van der Waals surface area contributed by atoms with Crippen LogP contribution in [0.5, 0.6) is 0 Å². The summed E-state index contributed by atoms with van der Waals surface area (Å²) >= 11 is 0. The lowest BCUT2D eigenvalue weighted by Crippen LogP contribution is -2.59. The van der Waals surface area contributed by atoms with Gasteiger partial charge in [-0.25, -0.2) is 4.79 Å². The van der Waals surface area contributed by atoms with Gasteiger partial charge in [-0.1, -0.05) is 27.7 Å². The zero-order valence-electron chi connectivity index (χ0n) is 13.3. The van der Waals surface area contributed by atoms with Gasteiger partial charge in [0.15, 0.2) is 0 Å². The van der Waals surface area contributed by atoms with Crippen molar-refractivity contribution in [3.63, 3.8) is 0 Å². The number of alkyl halides is 3. The molecule has 0 N–H and O–H groups in total. The van der Waals surface area contributed by atoms with Crippen LogP contribution in [-0.2, 0) is 23.5 Å². The van der Waals surface area contributed by atoms with Gasteiger partial charge in [0.2, 0.25) is 0 Å². The third-order valence-electron chi connectivity index (χ3n) is 3.19. The summed E-state index contributed by atoms with van der Waals surface area (Å²) in [5.41, 5.74) is 1.81. The van der Waals surface area contributed by atoms with Crippen molar-refractivity contribution in [1.29, 1.82) is 0 Å². The summed E-state index contributed by atoms with van der Waals surface area (Å²) in [4.78, 5) is 14.7. The average Bonchev–Trinajstić information content (AvgIpc) is 2.36. The van der Waals surface area contributed by atoms with E-state index in [1.54, 1.807) is 0 Å². The quantitative estimate of drug-likeness (QED) is 0.169. The van der Waals surface area contributed by atoms with E-state index in [1.807, 2.05) is 0 Å². The van der Waals surface area contributed by atoms with Crippen LogP contribution in [0.4, 0.5) is 13.2 Å². The molecular weight excluding hydrogens is 357 g/mol. The Kier molecular flexibility index (Phi) is 7.15. The van der Waals surface area contributed by atoms with E-state index in [0.717, 1.165) is 0 Å². The molecule has 0 aromatic rings. The molecule has 0 radical (unpaired) electrons. The zero-order valence-corrected chi connectivity index (χ0v) is 15.2. The van der Waals surface area contributed by atoms with Gasteiger partial charge < -0.3 is 10.3 Å². The SMILES string of the molecule is CCOC(=O)C(=[N+]=[N-])[Si](OS(=O)(=O)C(F)(F)F)(C(C)C)C(C)C. The fraction of sp³-hybridized carbons (Fsp3) is 0.818. The average molecular weight is 376 g/mol. The first-order chi connectivity index (χ1) is 10.3. The fourth-order valence-electron chi connectivity index (χ4n) is 2.15. The van der Waals surface area contributed by atoms with E-state index in [0.29, 0.717) is 0 Å². The standard InChI is InChI=1S/C11H19F3N2O5SSi/c1-6-20-10(17)9(16-15)23(7(2)3,8(4)5)21-22(18,19)11(12,13)14/h7-8H,6H2,1-5H3. The molecule has 12 heteroatoms. The second-order valence-corrected chi connectivity index (χ2v) is 11.7. The van der Waals surface area contributed by atoms with Crippen molar-refractivity contribution >= 4 is 29.7 Å². The Hall–Kier alpha value is -1.23. The number of carbonyl (C=O) groups is 1. The maximum Gasteiger partial charge on any atom is 0.522 e. The Morgan fingerprint density at radius 2 is 1.65 bits per heavy atom. The van der Waals surface area contributed by atoms with Gasteiger partial charge in [-0.2, -0.15) is 26.4 Å². The predicted molar refractivity (Wildman–Crippen MR) is 77.3 cm³/mol. The smallest absolute Gasteiger partial charge is 0.458 e. The van der Waals surface area contributed by atoms with E-state index >= 15 is 0 Å². The zero-order chi connectivity index (χ0) is 18.6. The largest absolute Gasteiger partial charge is 0.522 e. The first-order valence-electron chi connectivity index (χ1n) is 6.69. The number of halogens is 3. The molecular formula is C11H19F3N2O5SSi. The minimum Gasteiger partial charge on any atom is -0.458 e. The first-order valence-corrected chi connectivity index (χ1v) is 10.2. The minimum absolute atomic E-state index is 0.134. The molecule has 0 bridgehead atoms. The van der Waals surface area contributed by atoms with Crippen molar-refractivity contribution in [3.8, 4) is 0 Å². The van der Waals surface area contributed by atoms with Crippen LogP contribution in [0.25, 0.3) is 5.53 Å². The van der Waals surface area contributed by atoms with Crippen LogP contribution >= 0.6 is 0 Å².